The van der Waals surface area contributed by atoms with Gasteiger partial charge in [0.1, 0.15) is 11.5 Å². The zero-order valence-electron chi connectivity index (χ0n) is 11.1. The Morgan fingerprint density at radius 1 is 1.20 bits per heavy atom. The molecular weight excluding hydrogens is 318 g/mol. The van der Waals surface area contributed by atoms with Crippen molar-refractivity contribution in [2.45, 2.75) is 13.8 Å². The molecule has 0 N–H and O–H groups in total. The van der Waals surface area contributed by atoms with E-state index in [1.165, 1.54) is 0 Å². The van der Waals surface area contributed by atoms with Gasteiger partial charge < -0.3 is 4.74 Å². The van der Waals surface area contributed by atoms with Crippen molar-refractivity contribution in [3.05, 3.63) is 57.1 Å². The monoisotopic (exact) mass is 329 g/mol. The molecule has 2 rings (SSSR count). The lowest BCUT2D eigenvalue weighted by Gasteiger charge is -2.12. The molecule has 100 valence electrons. The molecule has 0 aromatic heterocycles. The standard InChI is InChI=1S/C16H12BrNO2/c1-10-5-12(8-18)6-11(2)16(10)20-14-4-3-13(9-19)15(17)7-14/h3-7,9H,1-2H3. The molecule has 0 heterocycles. The van der Waals surface area contributed by atoms with Crippen LogP contribution in [-0.4, -0.2) is 6.29 Å². The third-order valence-electron chi connectivity index (χ3n) is 2.91. The number of aryl methyl sites for hydroxylation is 2. The predicted octanol–water partition coefficient (Wildman–Crippen LogP) is 4.54. The average molecular weight is 330 g/mol. The first-order valence-corrected chi connectivity index (χ1v) is 6.78. The molecule has 4 heteroatoms. The van der Waals surface area contributed by atoms with Gasteiger partial charge in [0, 0.05) is 10.0 Å². The second-order valence-electron chi connectivity index (χ2n) is 4.45. The Morgan fingerprint density at radius 3 is 2.35 bits per heavy atom. The van der Waals surface area contributed by atoms with E-state index in [-0.39, 0.29) is 0 Å². The van der Waals surface area contributed by atoms with Gasteiger partial charge in [-0.1, -0.05) is 0 Å². The number of hydrogen-bond donors (Lipinski definition) is 0. The molecule has 0 aliphatic heterocycles. The highest BCUT2D eigenvalue weighted by Crippen LogP contribution is 2.31. The molecule has 0 saturated carbocycles. The molecule has 2 aromatic carbocycles. The molecule has 0 aliphatic carbocycles. The topological polar surface area (TPSA) is 50.1 Å². The predicted molar refractivity (Wildman–Crippen MR) is 80.2 cm³/mol. The minimum atomic E-state index is 0.575. The summed E-state index contributed by atoms with van der Waals surface area (Å²) in [5.74, 6) is 1.37. The maximum atomic E-state index is 10.8. The molecule has 0 bridgehead atoms. The van der Waals surface area contributed by atoms with Gasteiger partial charge in [-0.2, -0.15) is 5.26 Å². The van der Waals surface area contributed by atoms with Crippen molar-refractivity contribution in [2.24, 2.45) is 0 Å². The van der Waals surface area contributed by atoms with Crippen molar-refractivity contribution in [2.75, 3.05) is 0 Å². The lowest BCUT2D eigenvalue weighted by Crippen LogP contribution is -1.93. The fraction of sp³-hybridized carbons (Fsp3) is 0.125. The molecule has 3 nitrogen and oxygen atoms in total. The van der Waals surface area contributed by atoms with Crippen LogP contribution in [0.15, 0.2) is 34.8 Å². The summed E-state index contributed by atoms with van der Waals surface area (Å²) in [7, 11) is 0. The van der Waals surface area contributed by atoms with Gasteiger partial charge in [0.25, 0.3) is 0 Å². The van der Waals surface area contributed by atoms with Crippen LogP contribution in [0.5, 0.6) is 11.5 Å². The summed E-state index contributed by atoms with van der Waals surface area (Å²) in [4.78, 5) is 10.8. The lowest BCUT2D eigenvalue weighted by atomic mass is 10.1. The molecule has 0 amide bonds. The summed E-state index contributed by atoms with van der Waals surface area (Å²) in [6.07, 6.45) is 0.784. The van der Waals surface area contributed by atoms with Gasteiger partial charge in [0.05, 0.1) is 11.6 Å². The first-order valence-electron chi connectivity index (χ1n) is 5.99. The van der Waals surface area contributed by atoms with Gasteiger partial charge in [-0.05, 0) is 71.2 Å². The molecular formula is C16H12BrNO2. The van der Waals surface area contributed by atoms with Crippen molar-refractivity contribution >= 4 is 22.2 Å². The van der Waals surface area contributed by atoms with Crippen molar-refractivity contribution in [3.63, 3.8) is 0 Å². The van der Waals surface area contributed by atoms with Gasteiger partial charge in [0.2, 0.25) is 0 Å². The van der Waals surface area contributed by atoms with E-state index < -0.39 is 0 Å². The van der Waals surface area contributed by atoms with E-state index in [0.717, 1.165) is 23.2 Å². The number of benzene rings is 2. The summed E-state index contributed by atoms with van der Waals surface area (Å²) in [5, 5.41) is 8.93. The van der Waals surface area contributed by atoms with Crippen LogP contribution in [0, 0.1) is 25.2 Å². The van der Waals surface area contributed by atoms with Crippen molar-refractivity contribution in [1.29, 1.82) is 5.26 Å². The molecule has 20 heavy (non-hydrogen) atoms. The van der Waals surface area contributed by atoms with Gasteiger partial charge in [0.15, 0.2) is 6.29 Å². The summed E-state index contributed by atoms with van der Waals surface area (Å²) < 4.78 is 6.55. The van der Waals surface area contributed by atoms with Crippen molar-refractivity contribution in [3.8, 4) is 17.6 Å². The fourth-order valence-electron chi connectivity index (χ4n) is 1.96. The smallest absolute Gasteiger partial charge is 0.151 e. The Kier molecular flexibility index (Phi) is 4.21. The third kappa shape index (κ3) is 2.89. The number of nitrogens with zero attached hydrogens (tertiary/aromatic N) is 1. The van der Waals surface area contributed by atoms with Crippen LogP contribution in [0.3, 0.4) is 0 Å². The third-order valence-corrected chi connectivity index (χ3v) is 3.59. The quantitative estimate of drug-likeness (QED) is 0.776. The number of hydrogen-bond acceptors (Lipinski definition) is 3. The van der Waals surface area contributed by atoms with E-state index in [1.54, 1.807) is 30.3 Å². The molecule has 0 saturated heterocycles. The molecule has 0 radical (unpaired) electrons. The highest BCUT2D eigenvalue weighted by Gasteiger charge is 2.09. The molecule has 0 atom stereocenters. The summed E-state index contributed by atoms with van der Waals surface area (Å²) in [6.45, 7) is 3.80. The maximum Gasteiger partial charge on any atom is 0.151 e. The lowest BCUT2D eigenvalue weighted by molar-refractivity contribution is 0.112. The normalized spacial score (nSPS) is 9.90. The van der Waals surface area contributed by atoms with Crippen LogP contribution in [-0.2, 0) is 0 Å². The van der Waals surface area contributed by atoms with E-state index in [2.05, 4.69) is 22.0 Å². The number of aldehydes is 1. The summed E-state index contributed by atoms with van der Waals surface area (Å²) in [6, 6.07) is 10.9. The van der Waals surface area contributed by atoms with E-state index in [4.69, 9.17) is 10.00 Å². The van der Waals surface area contributed by atoms with E-state index in [1.807, 2.05) is 13.8 Å². The first kappa shape index (κ1) is 14.3. The van der Waals surface area contributed by atoms with Crippen LogP contribution in [0.25, 0.3) is 0 Å². The molecule has 0 aliphatic rings. The van der Waals surface area contributed by atoms with Crippen LogP contribution < -0.4 is 4.74 Å². The van der Waals surface area contributed by atoms with E-state index in [0.29, 0.717) is 21.3 Å². The average Bonchev–Trinajstić information content (AvgIpc) is 2.42. The van der Waals surface area contributed by atoms with E-state index in [9.17, 15) is 4.79 Å². The Bertz CT molecular complexity index is 694. The van der Waals surface area contributed by atoms with Crippen LogP contribution in [0.1, 0.15) is 27.0 Å². The van der Waals surface area contributed by atoms with Crippen LogP contribution >= 0.6 is 15.9 Å². The highest BCUT2D eigenvalue weighted by molar-refractivity contribution is 9.10. The van der Waals surface area contributed by atoms with Crippen molar-refractivity contribution < 1.29 is 9.53 Å². The van der Waals surface area contributed by atoms with Crippen LogP contribution in [0.4, 0.5) is 0 Å². The van der Waals surface area contributed by atoms with Crippen LogP contribution in [0.2, 0.25) is 0 Å². The van der Waals surface area contributed by atoms with Gasteiger partial charge in [-0.15, -0.1) is 0 Å². The number of rotatable bonds is 3. The zero-order chi connectivity index (χ0) is 14.7. The Labute approximate surface area is 125 Å². The number of halogens is 1. The Hall–Kier alpha value is -2.12. The highest BCUT2D eigenvalue weighted by atomic mass is 79.9. The number of nitriles is 1. The van der Waals surface area contributed by atoms with E-state index >= 15 is 0 Å². The summed E-state index contributed by atoms with van der Waals surface area (Å²) in [5.41, 5.74) is 2.99. The zero-order valence-corrected chi connectivity index (χ0v) is 12.7. The number of carbonyl (C=O) groups excluding carboxylic acids is 1. The van der Waals surface area contributed by atoms with Gasteiger partial charge >= 0.3 is 0 Å². The Balaban J connectivity index is 2.38. The number of carbonyl (C=O) groups is 1. The Morgan fingerprint density at radius 2 is 1.85 bits per heavy atom. The van der Waals surface area contributed by atoms with Gasteiger partial charge in [-0.25, -0.2) is 0 Å². The molecule has 2 aromatic rings. The van der Waals surface area contributed by atoms with Crippen molar-refractivity contribution in [1.82, 2.24) is 0 Å². The first-order chi connectivity index (χ1) is 9.55. The maximum absolute atomic E-state index is 10.8. The second-order valence-corrected chi connectivity index (χ2v) is 5.31. The fourth-order valence-corrected chi connectivity index (χ4v) is 2.41. The molecule has 0 fully saturated rings. The molecule has 0 unspecified atom stereocenters. The SMILES string of the molecule is Cc1cc(C#N)cc(C)c1Oc1ccc(C=O)c(Br)c1. The summed E-state index contributed by atoms with van der Waals surface area (Å²) >= 11 is 3.33. The molecule has 0 spiro atoms. The minimum absolute atomic E-state index is 0.575. The second kappa shape index (κ2) is 5.89. The largest absolute Gasteiger partial charge is 0.457 e. The minimum Gasteiger partial charge on any atom is -0.457 e. The van der Waals surface area contributed by atoms with Gasteiger partial charge in [-0.3, -0.25) is 4.79 Å². The number of ether oxygens (including phenoxy) is 1.